The first-order valence-corrected chi connectivity index (χ1v) is 26.1. The highest BCUT2D eigenvalue weighted by Crippen LogP contribution is 2.56. The second kappa shape index (κ2) is 17.7. The Morgan fingerprint density at radius 1 is 0.464 bits per heavy atom. The van der Waals surface area contributed by atoms with Gasteiger partial charge in [0, 0.05) is 45.0 Å². The smallest absolute Gasteiger partial charge is 0.0465 e. The first-order chi connectivity index (χ1) is 33.8. The second-order valence-electron chi connectivity index (χ2n) is 21.8. The molecular weight excluding hydrogens is 833 g/mol. The summed E-state index contributed by atoms with van der Waals surface area (Å²) in [5.41, 5.74) is 19.4. The SMILES string of the molecule is CC(C)C1CCCCC1(c1ccc(N(c2ccccc2)c2ccccc2)cc1)c1ccc(N(c2ccc(C3CC4CCC3C4)cc2)c2ccc3c(c2)C(C)(C)c2cccc(-c4ccccc4)c2-3)cc1. The molecule has 0 aliphatic heterocycles. The van der Waals surface area contributed by atoms with Gasteiger partial charge < -0.3 is 9.80 Å². The molecule has 3 saturated carbocycles. The van der Waals surface area contributed by atoms with E-state index < -0.39 is 0 Å². The predicted molar refractivity (Wildman–Crippen MR) is 291 cm³/mol. The fourth-order valence-electron chi connectivity index (χ4n) is 14.1. The summed E-state index contributed by atoms with van der Waals surface area (Å²) < 4.78 is 0. The minimum absolute atomic E-state index is 0.0965. The van der Waals surface area contributed by atoms with Crippen LogP contribution in [-0.4, -0.2) is 0 Å². The highest BCUT2D eigenvalue weighted by atomic mass is 15.1. The van der Waals surface area contributed by atoms with Gasteiger partial charge >= 0.3 is 0 Å². The standard InChI is InChI=1S/C67H66N2/c1-46(2)62-24-14-15-42-67(62,51-30-36-56(37-31-51)68(53-19-10-6-11-20-53)54-21-12-7-13-22-54)52-32-38-57(39-33-52)69(55-34-28-49(29-35-55)61-44-47-26-27-50(61)43-47)58-40-41-60-64(45-58)66(3,4)63-25-16-23-59(65(60)63)48-17-8-5-9-18-48/h5-13,16-23,25,28-41,45-47,50,61-62H,14-15,24,26-27,42-44H2,1-4H3. The van der Waals surface area contributed by atoms with Crippen molar-refractivity contribution in [3.05, 3.63) is 228 Å². The summed E-state index contributed by atoms with van der Waals surface area (Å²) in [6, 6.07) is 76.0. The molecule has 4 aliphatic rings. The quantitative estimate of drug-likeness (QED) is 0.128. The Morgan fingerprint density at radius 2 is 1.01 bits per heavy atom. The number of rotatable bonds is 11. The fraction of sp³-hybridized carbons (Fsp3) is 0.284. The molecule has 0 aromatic heterocycles. The Kier molecular flexibility index (Phi) is 11.2. The number of nitrogens with zero attached hydrogens (tertiary/aromatic N) is 2. The summed E-state index contributed by atoms with van der Waals surface area (Å²) in [6.07, 6.45) is 10.5. The van der Waals surface area contributed by atoms with Crippen molar-refractivity contribution in [1.29, 1.82) is 0 Å². The van der Waals surface area contributed by atoms with Crippen LogP contribution in [0.25, 0.3) is 22.3 Å². The molecule has 5 unspecified atom stereocenters. The third-order valence-corrected chi connectivity index (χ3v) is 17.4. The first kappa shape index (κ1) is 43.6. The third-order valence-electron chi connectivity index (χ3n) is 17.4. The Balaban J connectivity index is 0.953. The highest BCUT2D eigenvalue weighted by Gasteiger charge is 2.45. The topological polar surface area (TPSA) is 6.48 Å². The number of para-hydroxylation sites is 2. The van der Waals surface area contributed by atoms with Crippen LogP contribution in [0.5, 0.6) is 0 Å². The van der Waals surface area contributed by atoms with E-state index in [1.54, 1.807) is 0 Å². The molecule has 3 fully saturated rings. The molecule has 69 heavy (non-hydrogen) atoms. The van der Waals surface area contributed by atoms with Crippen molar-refractivity contribution in [2.24, 2.45) is 23.7 Å². The lowest BCUT2D eigenvalue weighted by Gasteiger charge is -2.48. The number of hydrogen-bond donors (Lipinski definition) is 0. The van der Waals surface area contributed by atoms with E-state index in [4.69, 9.17) is 0 Å². The van der Waals surface area contributed by atoms with Crippen molar-refractivity contribution < 1.29 is 0 Å². The molecule has 0 saturated heterocycles. The van der Waals surface area contributed by atoms with E-state index in [1.807, 2.05) is 0 Å². The third kappa shape index (κ3) is 7.54. The zero-order valence-corrected chi connectivity index (χ0v) is 41.0. The van der Waals surface area contributed by atoms with Gasteiger partial charge in [-0.05, 0) is 185 Å². The minimum Gasteiger partial charge on any atom is -0.311 e. The van der Waals surface area contributed by atoms with Gasteiger partial charge in [-0.15, -0.1) is 0 Å². The van der Waals surface area contributed by atoms with Crippen LogP contribution in [0.1, 0.15) is 113 Å². The largest absolute Gasteiger partial charge is 0.311 e. The van der Waals surface area contributed by atoms with Gasteiger partial charge in [0.15, 0.2) is 0 Å². The Labute approximate surface area is 411 Å². The van der Waals surface area contributed by atoms with E-state index >= 15 is 0 Å². The van der Waals surface area contributed by atoms with Crippen molar-refractivity contribution in [2.45, 2.75) is 95.8 Å². The zero-order valence-electron chi connectivity index (χ0n) is 41.0. The van der Waals surface area contributed by atoms with Gasteiger partial charge in [-0.2, -0.15) is 0 Å². The summed E-state index contributed by atoms with van der Waals surface area (Å²) in [5, 5.41) is 0. The molecule has 0 spiro atoms. The lowest BCUT2D eigenvalue weighted by molar-refractivity contribution is 0.170. The maximum absolute atomic E-state index is 2.54. The van der Waals surface area contributed by atoms with Crippen LogP contribution in [0.15, 0.2) is 200 Å². The molecule has 8 aromatic carbocycles. The molecule has 0 radical (unpaired) electrons. The van der Waals surface area contributed by atoms with E-state index in [0.717, 1.165) is 29.6 Å². The van der Waals surface area contributed by atoms with Gasteiger partial charge in [0.25, 0.3) is 0 Å². The molecular formula is C67H66N2. The monoisotopic (exact) mass is 899 g/mol. The van der Waals surface area contributed by atoms with Crippen LogP contribution in [0.2, 0.25) is 0 Å². The maximum atomic E-state index is 2.54. The molecule has 0 amide bonds. The Hall–Kier alpha value is -6.64. The maximum Gasteiger partial charge on any atom is 0.0465 e. The van der Waals surface area contributed by atoms with Crippen LogP contribution in [0, 0.1) is 23.7 Å². The van der Waals surface area contributed by atoms with Gasteiger partial charge in [0.05, 0.1) is 0 Å². The average Bonchev–Trinajstić information content (AvgIpc) is 4.11. The van der Waals surface area contributed by atoms with E-state index in [2.05, 4.69) is 238 Å². The molecule has 4 aliphatic carbocycles. The molecule has 8 aromatic rings. The fourth-order valence-corrected chi connectivity index (χ4v) is 14.1. The summed E-state index contributed by atoms with van der Waals surface area (Å²) >= 11 is 0. The van der Waals surface area contributed by atoms with Gasteiger partial charge in [0.2, 0.25) is 0 Å². The van der Waals surface area contributed by atoms with Crippen molar-refractivity contribution in [3.63, 3.8) is 0 Å². The molecule has 0 heterocycles. The van der Waals surface area contributed by atoms with Crippen molar-refractivity contribution in [1.82, 2.24) is 0 Å². The molecule has 12 rings (SSSR count). The van der Waals surface area contributed by atoms with E-state index in [1.165, 1.54) is 118 Å². The summed E-state index contributed by atoms with van der Waals surface area (Å²) in [5.74, 6) is 3.56. The predicted octanol–water partition coefficient (Wildman–Crippen LogP) is 18.6. The van der Waals surface area contributed by atoms with Crippen LogP contribution in [0.3, 0.4) is 0 Å². The van der Waals surface area contributed by atoms with Crippen LogP contribution >= 0.6 is 0 Å². The number of fused-ring (bicyclic) bond motifs is 5. The van der Waals surface area contributed by atoms with Gasteiger partial charge in [-0.3, -0.25) is 0 Å². The van der Waals surface area contributed by atoms with Crippen molar-refractivity contribution >= 4 is 34.1 Å². The van der Waals surface area contributed by atoms with Crippen LogP contribution in [-0.2, 0) is 10.8 Å². The minimum atomic E-state index is -0.152. The highest BCUT2D eigenvalue weighted by molar-refractivity contribution is 5.94. The van der Waals surface area contributed by atoms with Crippen molar-refractivity contribution in [2.75, 3.05) is 9.80 Å². The molecule has 0 N–H and O–H groups in total. The van der Waals surface area contributed by atoms with Crippen LogP contribution < -0.4 is 9.80 Å². The lowest BCUT2D eigenvalue weighted by atomic mass is 9.56. The van der Waals surface area contributed by atoms with E-state index in [0.29, 0.717) is 17.8 Å². The number of anilines is 6. The summed E-state index contributed by atoms with van der Waals surface area (Å²) in [4.78, 5) is 4.92. The molecule has 5 atom stereocenters. The summed E-state index contributed by atoms with van der Waals surface area (Å²) in [7, 11) is 0. The van der Waals surface area contributed by atoms with E-state index in [9.17, 15) is 0 Å². The number of benzene rings is 8. The average molecular weight is 899 g/mol. The Bertz CT molecular complexity index is 3020. The van der Waals surface area contributed by atoms with E-state index in [-0.39, 0.29) is 10.8 Å². The molecule has 2 bridgehead atoms. The second-order valence-corrected chi connectivity index (χ2v) is 21.8. The van der Waals surface area contributed by atoms with Gasteiger partial charge in [0.1, 0.15) is 0 Å². The number of hydrogen-bond acceptors (Lipinski definition) is 2. The zero-order chi connectivity index (χ0) is 46.7. The van der Waals surface area contributed by atoms with Gasteiger partial charge in [-0.1, -0.05) is 174 Å². The summed E-state index contributed by atoms with van der Waals surface area (Å²) in [6.45, 7) is 9.75. The molecule has 2 heteroatoms. The first-order valence-electron chi connectivity index (χ1n) is 26.1. The van der Waals surface area contributed by atoms with Gasteiger partial charge in [-0.25, -0.2) is 0 Å². The van der Waals surface area contributed by atoms with Crippen molar-refractivity contribution in [3.8, 4) is 22.3 Å². The normalized spacial score (nSPS) is 22.0. The molecule has 2 nitrogen and oxygen atoms in total. The lowest BCUT2D eigenvalue weighted by Crippen LogP contribution is -2.42. The Morgan fingerprint density at radius 3 is 1.58 bits per heavy atom. The molecule has 344 valence electrons. The van der Waals surface area contributed by atoms with Crippen LogP contribution in [0.4, 0.5) is 34.1 Å².